The zero-order valence-electron chi connectivity index (χ0n) is 18.7. The third-order valence-electron chi connectivity index (χ3n) is 6.64. The van der Waals surface area contributed by atoms with E-state index in [0.29, 0.717) is 11.1 Å². The number of pyridine rings is 1. The highest BCUT2D eigenvalue weighted by Gasteiger charge is 2.36. The molecule has 0 saturated carbocycles. The monoisotopic (exact) mass is 422 g/mol. The highest BCUT2D eigenvalue weighted by Crippen LogP contribution is 2.37. The SMILES string of the molecule is CC(C)C(C#N)(CCCN1CCN(c2ccccn2)CC1)c1ccc(CO)c(CO)c1. The molecule has 6 heteroatoms. The summed E-state index contributed by atoms with van der Waals surface area (Å²) in [4.78, 5) is 9.24. The number of aliphatic hydroxyl groups is 2. The molecule has 0 aliphatic carbocycles. The number of hydrogen-bond acceptors (Lipinski definition) is 6. The summed E-state index contributed by atoms with van der Waals surface area (Å²) in [6, 6.07) is 14.3. The lowest BCUT2D eigenvalue weighted by Crippen LogP contribution is -2.47. The third kappa shape index (κ3) is 5.24. The lowest BCUT2D eigenvalue weighted by molar-refractivity contribution is 0.238. The number of piperazine rings is 1. The Kier molecular flexibility index (Phi) is 8.03. The smallest absolute Gasteiger partial charge is 0.128 e. The fourth-order valence-corrected chi connectivity index (χ4v) is 4.54. The van der Waals surface area contributed by atoms with E-state index in [1.54, 1.807) is 0 Å². The van der Waals surface area contributed by atoms with Crippen LogP contribution >= 0.6 is 0 Å². The first kappa shape index (κ1) is 23.2. The summed E-state index contributed by atoms with van der Waals surface area (Å²) in [5, 5.41) is 29.4. The average Bonchev–Trinajstić information content (AvgIpc) is 2.82. The van der Waals surface area contributed by atoms with Gasteiger partial charge in [0, 0.05) is 32.4 Å². The molecule has 3 rings (SSSR count). The molecule has 2 aromatic rings. The van der Waals surface area contributed by atoms with Crippen molar-refractivity contribution in [3.8, 4) is 6.07 Å². The fourth-order valence-electron chi connectivity index (χ4n) is 4.54. The van der Waals surface area contributed by atoms with E-state index in [-0.39, 0.29) is 19.1 Å². The van der Waals surface area contributed by atoms with Crippen LogP contribution in [-0.4, -0.2) is 52.8 Å². The number of aliphatic hydroxyl groups excluding tert-OH is 2. The third-order valence-corrected chi connectivity index (χ3v) is 6.64. The maximum absolute atomic E-state index is 10.2. The largest absolute Gasteiger partial charge is 0.392 e. The molecule has 1 aliphatic heterocycles. The molecule has 2 heterocycles. The topological polar surface area (TPSA) is 83.6 Å². The van der Waals surface area contributed by atoms with Gasteiger partial charge in [0.1, 0.15) is 5.82 Å². The van der Waals surface area contributed by atoms with Gasteiger partial charge in [-0.2, -0.15) is 5.26 Å². The van der Waals surface area contributed by atoms with Gasteiger partial charge >= 0.3 is 0 Å². The van der Waals surface area contributed by atoms with Crippen molar-refractivity contribution < 1.29 is 10.2 Å². The molecule has 1 aromatic carbocycles. The van der Waals surface area contributed by atoms with E-state index >= 15 is 0 Å². The molecular formula is C25H34N4O2. The molecule has 1 aliphatic rings. The van der Waals surface area contributed by atoms with E-state index < -0.39 is 5.41 Å². The Morgan fingerprint density at radius 2 is 1.81 bits per heavy atom. The van der Waals surface area contributed by atoms with E-state index in [2.05, 4.69) is 40.8 Å². The molecule has 0 bridgehead atoms. The van der Waals surface area contributed by atoms with E-state index in [1.807, 2.05) is 36.5 Å². The zero-order chi connectivity index (χ0) is 22.3. The normalized spacial score (nSPS) is 16.8. The first-order chi connectivity index (χ1) is 15.0. The van der Waals surface area contributed by atoms with Gasteiger partial charge < -0.3 is 15.1 Å². The van der Waals surface area contributed by atoms with Gasteiger partial charge in [-0.3, -0.25) is 4.90 Å². The summed E-state index contributed by atoms with van der Waals surface area (Å²) in [5.74, 6) is 1.18. The maximum Gasteiger partial charge on any atom is 0.128 e. The van der Waals surface area contributed by atoms with Gasteiger partial charge in [0.15, 0.2) is 0 Å². The quantitative estimate of drug-likeness (QED) is 0.646. The molecule has 166 valence electrons. The number of nitriles is 1. The fraction of sp³-hybridized carbons (Fsp3) is 0.520. The molecule has 1 unspecified atom stereocenters. The Morgan fingerprint density at radius 1 is 1.06 bits per heavy atom. The number of rotatable bonds is 9. The maximum atomic E-state index is 10.2. The second-order valence-electron chi connectivity index (χ2n) is 8.66. The summed E-state index contributed by atoms with van der Waals surface area (Å²) in [6.07, 6.45) is 3.54. The van der Waals surface area contributed by atoms with Crippen LogP contribution in [0, 0.1) is 17.2 Å². The zero-order valence-corrected chi connectivity index (χ0v) is 18.7. The molecule has 1 aromatic heterocycles. The van der Waals surface area contributed by atoms with Crippen LogP contribution in [0.2, 0.25) is 0 Å². The second kappa shape index (κ2) is 10.7. The Labute approximate surface area is 185 Å². The summed E-state index contributed by atoms with van der Waals surface area (Å²) in [7, 11) is 0. The van der Waals surface area contributed by atoms with Crippen molar-refractivity contribution in [2.75, 3.05) is 37.6 Å². The van der Waals surface area contributed by atoms with E-state index in [1.165, 1.54) is 0 Å². The molecule has 31 heavy (non-hydrogen) atoms. The van der Waals surface area contributed by atoms with Crippen molar-refractivity contribution in [1.29, 1.82) is 5.26 Å². The first-order valence-electron chi connectivity index (χ1n) is 11.2. The minimum Gasteiger partial charge on any atom is -0.392 e. The number of benzene rings is 1. The summed E-state index contributed by atoms with van der Waals surface area (Å²) >= 11 is 0. The first-order valence-corrected chi connectivity index (χ1v) is 11.2. The van der Waals surface area contributed by atoms with Crippen LogP contribution in [0.4, 0.5) is 5.82 Å². The molecule has 2 N–H and O–H groups in total. The summed E-state index contributed by atoms with van der Waals surface area (Å²) in [6.45, 7) is 8.83. The minimum absolute atomic E-state index is 0.109. The van der Waals surface area contributed by atoms with Gasteiger partial charge in [0.2, 0.25) is 0 Å². The predicted molar refractivity (Wildman–Crippen MR) is 123 cm³/mol. The van der Waals surface area contributed by atoms with Crippen molar-refractivity contribution in [3.05, 3.63) is 59.3 Å². The van der Waals surface area contributed by atoms with Crippen molar-refractivity contribution in [2.45, 2.75) is 45.3 Å². The van der Waals surface area contributed by atoms with Crippen molar-refractivity contribution in [3.63, 3.8) is 0 Å². The Hall–Kier alpha value is -2.46. The Morgan fingerprint density at radius 3 is 2.39 bits per heavy atom. The van der Waals surface area contributed by atoms with Gasteiger partial charge in [0.25, 0.3) is 0 Å². The standard InChI is InChI=1S/C25H34N4O2/c1-20(2)25(19-26,23-8-7-21(17-30)22(16-23)18-31)9-5-11-28-12-14-29(15-13-28)24-6-3-4-10-27-24/h3-4,6-8,10,16,20,30-31H,5,9,11-15,17-18H2,1-2H3. The summed E-state index contributed by atoms with van der Waals surface area (Å²) < 4.78 is 0. The second-order valence-corrected chi connectivity index (χ2v) is 8.66. The van der Waals surface area contributed by atoms with Gasteiger partial charge in [-0.15, -0.1) is 0 Å². The van der Waals surface area contributed by atoms with E-state index in [0.717, 1.165) is 56.9 Å². The number of nitrogens with zero attached hydrogens (tertiary/aromatic N) is 4. The van der Waals surface area contributed by atoms with Gasteiger partial charge in [-0.05, 0) is 54.1 Å². The lowest BCUT2D eigenvalue weighted by Gasteiger charge is -2.37. The molecule has 1 saturated heterocycles. The molecule has 0 radical (unpaired) electrons. The summed E-state index contributed by atoms with van der Waals surface area (Å²) in [5.41, 5.74) is 1.75. The van der Waals surface area contributed by atoms with Crippen molar-refractivity contribution in [1.82, 2.24) is 9.88 Å². The van der Waals surface area contributed by atoms with Crippen LogP contribution in [0.5, 0.6) is 0 Å². The molecule has 0 amide bonds. The van der Waals surface area contributed by atoms with E-state index in [4.69, 9.17) is 0 Å². The van der Waals surface area contributed by atoms with Crippen LogP contribution in [0.15, 0.2) is 42.6 Å². The minimum atomic E-state index is -0.603. The van der Waals surface area contributed by atoms with Gasteiger partial charge in [0.05, 0.1) is 24.7 Å². The number of hydrogen-bond donors (Lipinski definition) is 2. The van der Waals surface area contributed by atoms with Gasteiger partial charge in [-0.25, -0.2) is 4.98 Å². The Bertz CT molecular complexity index is 873. The van der Waals surface area contributed by atoms with E-state index in [9.17, 15) is 15.5 Å². The highest BCUT2D eigenvalue weighted by molar-refractivity contribution is 5.40. The van der Waals surface area contributed by atoms with Crippen LogP contribution < -0.4 is 4.90 Å². The molecule has 0 spiro atoms. The molecule has 1 fully saturated rings. The average molecular weight is 423 g/mol. The Balaban J connectivity index is 1.62. The predicted octanol–water partition coefficient (Wildman–Crippen LogP) is 3.09. The highest BCUT2D eigenvalue weighted by atomic mass is 16.3. The van der Waals surface area contributed by atoms with Crippen LogP contribution in [0.1, 0.15) is 43.4 Å². The van der Waals surface area contributed by atoms with Crippen LogP contribution in [0.25, 0.3) is 0 Å². The number of anilines is 1. The van der Waals surface area contributed by atoms with Crippen LogP contribution in [0.3, 0.4) is 0 Å². The van der Waals surface area contributed by atoms with Gasteiger partial charge in [-0.1, -0.05) is 38.1 Å². The lowest BCUT2D eigenvalue weighted by atomic mass is 9.69. The molecule has 1 atom stereocenters. The molecular weight excluding hydrogens is 388 g/mol. The van der Waals surface area contributed by atoms with Crippen molar-refractivity contribution >= 4 is 5.82 Å². The molecule has 6 nitrogen and oxygen atoms in total. The van der Waals surface area contributed by atoms with Crippen molar-refractivity contribution in [2.24, 2.45) is 5.92 Å². The van der Waals surface area contributed by atoms with Crippen LogP contribution in [-0.2, 0) is 18.6 Å². The number of aromatic nitrogens is 1.